The summed E-state index contributed by atoms with van der Waals surface area (Å²) in [4.78, 5) is 0. The van der Waals surface area contributed by atoms with E-state index in [1.54, 1.807) is 14.2 Å². The maximum absolute atomic E-state index is 14.8. The van der Waals surface area contributed by atoms with Crippen molar-refractivity contribution in [3.8, 4) is 34.3 Å². The third-order valence-electron chi connectivity index (χ3n) is 6.66. The molecule has 6 rings (SSSR count). The van der Waals surface area contributed by atoms with Gasteiger partial charge in [0.1, 0.15) is 11.6 Å². The van der Waals surface area contributed by atoms with Crippen molar-refractivity contribution in [1.29, 1.82) is 0 Å². The smallest absolute Gasteiger partial charge is 0.231 e. The van der Waals surface area contributed by atoms with E-state index in [0.29, 0.717) is 23.8 Å². The van der Waals surface area contributed by atoms with Crippen LogP contribution < -0.4 is 35.9 Å². The third-order valence-corrected chi connectivity index (χ3v) is 6.66. The molecule has 2 aliphatic heterocycles. The lowest BCUT2D eigenvalue weighted by atomic mass is 9.88. The van der Waals surface area contributed by atoms with E-state index >= 15 is 0 Å². The highest BCUT2D eigenvalue weighted by Gasteiger charge is 2.33. The van der Waals surface area contributed by atoms with Crippen molar-refractivity contribution >= 4 is 10.8 Å². The molecule has 4 aromatic rings. The van der Waals surface area contributed by atoms with E-state index in [1.165, 1.54) is 18.2 Å². The van der Waals surface area contributed by atoms with Crippen LogP contribution in [0.25, 0.3) is 22.0 Å². The van der Waals surface area contributed by atoms with Gasteiger partial charge in [-0.2, -0.15) is 4.57 Å². The summed E-state index contributed by atoms with van der Waals surface area (Å²) in [5.41, 5.74) is 3.82. The number of benzene rings is 3. The minimum absolute atomic E-state index is 0. The Labute approximate surface area is 207 Å². The van der Waals surface area contributed by atoms with Crippen LogP contribution in [0.3, 0.4) is 0 Å². The number of halogens is 3. The standard InChI is InChI=1S/C27H22F2NO4.ClH/c1-31-23-7-6-16-18(11-19-21(28)4-3-5-22(19)29)26-17-12-25-24(33-14-34-25)10-15(17)8-9-30(26)13-20(16)27(23)32-2;/h3-7,10,12-13H,8-9,11,14H2,1-2H3;1H/q+1;/p-1. The first-order valence-electron chi connectivity index (χ1n) is 11.0. The summed E-state index contributed by atoms with van der Waals surface area (Å²) in [6.45, 7) is 0.880. The monoisotopic (exact) mass is 497 g/mol. The number of fused-ring (bicyclic) bond motifs is 5. The predicted octanol–water partition coefficient (Wildman–Crippen LogP) is 1.97. The lowest BCUT2D eigenvalue weighted by Crippen LogP contribution is -3.00. The number of methoxy groups -OCH3 is 2. The van der Waals surface area contributed by atoms with Gasteiger partial charge in [0, 0.05) is 29.4 Å². The predicted molar refractivity (Wildman–Crippen MR) is 122 cm³/mol. The highest BCUT2D eigenvalue weighted by atomic mass is 35.5. The number of pyridine rings is 1. The van der Waals surface area contributed by atoms with Crippen molar-refractivity contribution in [1.82, 2.24) is 0 Å². The maximum Gasteiger partial charge on any atom is 0.231 e. The zero-order valence-electron chi connectivity index (χ0n) is 19.2. The highest BCUT2D eigenvalue weighted by molar-refractivity contribution is 5.95. The molecule has 0 atom stereocenters. The van der Waals surface area contributed by atoms with Crippen LogP contribution in [-0.4, -0.2) is 21.0 Å². The molecular weight excluding hydrogens is 476 g/mol. The van der Waals surface area contributed by atoms with Gasteiger partial charge in [-0.05, 0) is 42.0 Å². The Kier molecular flexibility index (Phi) is 5.89. The molecule has 2 aliphatic rings. The van der Waals surface area contributed by atoms with Crippen LogP contribution in [0.2, 0.25) is 0 Å². The molecule has 1 aromatic heterocycles. The van der Waals surface area contributed by atoms with Crippen LogP contribution in [0.5, 0.6) is 23.0 Å². The Morgan fingerprint density at radius 1 is 0.914 bits per heavy atom. The van der Waals surface area contributed by atoms with Crippen molar-refractivity contribution in [2.24, 2.45) is 0 Å². The number of nitrogens with zero attached hydrogens (tertiary/aromatic N) is 1. The molecule has 0 N–H and O–H groups in total. The molecular formula is C27H22ClF2NO4. The molecule has 3 heterocycles. The zero-order chi connectivity index (χ0) is 23.4. The quantitative estimate of drug-likeness (QED) is 0.404. The van der Waals surface area contributed by atoms with Gasteiger partial charge in [-0.15, -0.1) is 0 Å². The second-order valence-electron chi connectivity index (χ2n) is 8.40. The molecule has 5 nitrogen and oxygen atoms in total. The molecule has 0 spiro atoms. The molecule has 0 fully saturated rings. The number of hydrogen-bond acceptors (Lipinski definition) is 4. The van der Waals surface area contributed by atoms with Crippen LogP contribution in [0.1, 0.15) is 16.7 Å². The zero-order valence-corrected chi connectivity index (χ0v) is 19.9. The summed E-state index contributed by atoms with van der Waals surface area (Å²) >= 11 is 0. The Balaban J connectivity index is 0.00000253. The fourth-order valence-corrected chi connectivity index (χ4v) is 5.07. The van der Waals surface area contributed by atoms with Crippen molar-refractivity contribution in [3.05, 3.63) is 77.0 Å². The molecule has 0 amide bonds. The van der Waals surface area contributed by atoms with Crippen LogP contribution in [0.4, 0.5) is 8.78 Å². The highest BCUT2D eigenvalue weighted by Crippen LogP contribution is 2.44. The summed E-state index contributed by atoms with van der Waals surface area (Å²) < 4.78 is 54.1. The van der Waals surface area contributed by atoms with Crippen LogP contribution in [-0.2, 0) is 19.4 Å². The fourth-order valence-electron chi connectivity index (χ4n) is 5.07. The van der Waals surface area contributed by atoms with Gasteiger partial charge in [-0.1, -0.05) is 6.07 Å². The van der Waals surface area contributed by atoms with Gasteiger partial charge in [-0.25, -0.2) is 8.78 Å². The van der Waals surface area contributed by atoms with E-state index in [0.717, 1.165) is 45.3 Å². The Morgan fingerprint density at radius 2 is 1.66 bits per heavy atom. The molecule has 35 heavy (non-hydrogen) atoms. The van der Waals surface area contributed by atoms with E-state index < -0.39 is 11.6 Å². The van der Waals surface area contributed by atoms with Crippen molar-refractivity contribution in [3.63, 3.8) is 0 Å². The SMILES string of the molecule is COc1ccc2c(Cc3c(F)cccc3F)c3[n+](cc2c1OC)CCc1cc2c(cc1-3)OCO2.[Cl-]. The Bertz CT molecular complexity index is 1450. The average molecular weight is 498 g/mol. The van der Waals surface area contributed by atoms with Crippen molar-refractivity contribution < 1.29 is 44.7 Å². The largest absolute Gasteiger partial charge is 1.00 e. The molecule has 0 unspecified atom stereocenters. The summed E-state index contributed by atoms with van der Waals surface area (Å²) in [5, 5.41) is 1.67. The third kappa shape index (κ3) is 3.62. The van der Waals surface area contributed by atoms with E-state index in [-0.39, 0.29) is 31.2 Å². The van der Waals surface area contributed by atoms with Gasteiger partial charge in [0.15, 0.2) is 35.7 Å². The lowest BCUT2D eigenvalue weighted by molar-refractivity contribution is -0.686. The lowest BCUT2D eigenvalue weighted by Gasteiger charge is -2.21. The molecule has 0 bridgehead atoms. The molecule has 3 aromatic carbocycles. The number of aryl methyl sites for hydroxylation is 2. The van der Waals surface area contributed by atoms with Crippen molar-refractivity contribution in [2.45, 2.75) is 19.4 Å². The van der Waals surface area contributed by atoms with Crippen molar-refractivity contribution in [2.75, 3.05) is 21.0 Å². The average Bonchev–Trinajstić information content (AvgIpc) is 3.31. The van der Waals surface area contributed by atoms with Crippen LogP contribution in [0.15, 0.2) is 48.7 Å². The minimum Gasteiger partial charge on any atom is -1.00 e. The summed E-state index contributed by atoms with van der Waals surface area (Å²) in [6, 6.07) is 11.7. The number of rotatable bonds is 4. The van der Waals surface area contributed by atoms with Gasteiger partial charge in [0.2, 0.25) is 12.5 Å². The summed E-state index contributed by atoms with van der Waals surface area (Å²) in [5.74, 6) is 1.43. The first-order valence-corrected chi connectivity index (χ1v) is 11.0. The van der Waals surface area contributed by atoms with Gasteiger partial charge in [0.25, 0.3) is 0 Å². The van der Waals surface area contributed by atoms with E-state index in [2.05, 4.69) is 4.57 Å². The molecule has 0 saturated heterocycles. The number of hydrogen-bond donors (Lipinski definition) is 0. The van der Waals surface area contributed by atoms with E-state index in [4.69, 9.17) is 18.9 Å². The summed E-state index contributed by atoms with van der Waals surface area (Å²) in [6.07, 6.45) is 2.89. The molecule has 0 radical (unpaired) electrons. The van der Waals surface area contributed by atoms with Crippen LogP contribution in [0, 0.1) is 11.6 Å². The second kappa shape index (κ2) is 8.89. The number of ether oxygens (including phenoxy) is 4. The molecule has 0 saturated carbocycles. The molecule has 0 aliphatic carbocycles. The van der Waals surface area contributed by atoms with Gasteiger partial charge < -0.3 is 31.4 Å². The van der Waals surface area contributed by atoms with Gasteiger partial charge in [0.05, 0.1) is 25.2 Å². The van der Waals surface area contributed by atoms with Gasteiger partial charge >= 0.3 is 0 Å². The number of aromatic nitrogens is 1. The normalized spacial score (nSPS) is 13.1. The minimum atomic E-state index is -0.571. The molecule has 8 heteroatoms. The van der Waals surface area contributed by atoms with Gasteiger partial charge in [-0.3, -0.25) is 0 Å². The maximum atomic E-state index is 14.8. The summed E-state index contributed by atoms with van der Waals surface area (Å²) in [7, 11) is 3.18. The first-order chi connectivity index (χ1) is 16.6. The van der Waals surface area contributed by atoms with Crippen LogP contribution >= 0.6 is 0 Å². The second-order valence-corrected chi connectivity index (χ2v) is 8.40. The first kappa shape index (κ1) is 23.2. The van der Waals surface area contributed by atoms with E-state index in [9.17, 15) is 8.78 Å². The Hall–Kier alpha value is -3.58. The fraction of sp³-hybridized carbons (Fsp3) is 0.222. The Morgan fingerprint density at radius 3 is 2.37 bits per heavy atom. The van der Waals surface area contributed by atoms with E-state index in [1.807, 2.05) is 30.5 Å². The topological polar surface area (TPSA) is 40.8 Å². The molecule has 180 valence electrons.